The Balaban J connectivity index is 4.74. The third-order valence-electron chi connectivity index (χ3n) is 3.62. The Bertz CT molecular complexity index is 479. The third kappa shape index (κ3) is 7.25. The predicted molar refractivity (Wildman–Crippen MR) is 90.6 cm³/mol. The van der Waals surface area contributed by atoms with Crippen LogP contribution in [0.1, 0.15) is 32.1 Å². The lowest BCUT2D eigenvalue weighted by molar-refractivity contribution is -0.355. The topological polar surface area (TPSA) is 0 Å². The molecule has 0 saturated carbocycles. The van der Waals surface area contributed by atoms with E-state index in [-0.39, 0.29) is 6.42 Å². The van der Waals surface area contributed by atoms with Gasteiger partial charge in [0.1, 0.15) is 0 Å². The highest BCUT2D eigenvalue weighted by atomic mass is 127. The van der Waals surface area contributed by atoms with Crippen LogP contribution < -0.4 is 0 Å². The van der Waals surface area contributed by atoms with E-state index in [0.717, 1.165) is 45.2 Å². The zero-order valence-electron chi connectivity index (χ0n) is 13.7. The molecule has 0 aliphatic heterocycles. The van der Waals surface area contributed by atoms with Gasteiger partial charge in [-0.1, -0.05) is 51.6 Å². The highest BCUT2D eigenvalue weighted by Gasteiger charge is 2.73. The Morgan fingerprint density at radius 3 is 0.931 bits per heavy atom. The molecule has 0 saturated heterocycles. The lowest BCUT2D eigenvalue weighted by atomic mass is 10.00. The zero-order valence-corrected chi connectivity index (χ0v) is 18.1. The SMILES string of the molecule is FC(F)(F)C(F)(F)C(F)(F)CC(I)CCCC(I)CC(F)(F)C(F)(F)C(F)(F)F. The second kappa shape index (κ2) is 9.54. The van der Waals surface area contributed by atoms with Crippen LogP contribution in [-0.2, 0) is 0 Å². The lowest BCUT2D eigenvalue weighted by Gasteiger charge is -2.30. The molecule has 0 aliphatic carbocycles. The molecule has 29 heavy (non-hydrogen) atoms. The van der Waals surface area contributed by atoms with Crippen molar-refractivity contribution in [3.63, 3.8) is 0 Å². The second-order valence-electron chi connectivity index (χ2n) is 6.09. The Kier molecular flexibility index (Phi) is 9.70. The third-order valence-corrected chi connectivity index (χ3v) is 5.75. The normalized spacial score (nSPS) is 17.4. The minimum atomic E-state index is -6.50. The molecule has 0 N–H and O–H groups in total. The fourth-order valence-electron chi connectivity index (χ4n) is 1.99. The van der Waals surface area contributed by atoms with Gasteiger partial charge >= 0.3 is 36.0 Å². The molecule has 0 heterocycles. The van der Waals surface area contributed by atoms with Crippen molar-refractivity contribution in [2.75, 3.05) is 0 Å². The van der Waals surface area contributed by atoms with Crippen LogP contribution in [0.4, 0.5) is 61.5 Å². The molecule has 0 aromatic heterocycles. The first-order chi connectivity index (χ1) is 12.5. The van der Waals surface area contributed by atoms with Crippen molar-refractivity contribution in [1.82, 2.24) is 0 Å². The van der Waals surface area contributed by atoms with Crippen molar-refractivity contribution < 1.29 is 61.5 Å². The van der Waals surface area contributed by atoms with Crippen LogP contribution in [0.25, 0.3) is 0 Å². The van der Waals surface area contributed by atoms with Gasteiger partial charge in [-0.15, -0.1) is 0 Å². The first-order valence-corrected chi connectivity index (χ1v) is 9.91. The van der Waals surface area contributed by atoms with Crippen molar-refractivity contribution in [3.8, 4) is 0 Å². The summed E-state index contributed by atoms with van der Waals surface area (Å²) >= 11 is 2.27. The predicted octanol–water partition coefficient (Wildman–Crippen LogP) is 8.21. The smallest absolute Gasteiger partial charge is 0.199 e. The van der Waals surface area contributed by atoms with Crippen molar-refractivity contribution in [3.05, 3.63) is 0 Å². The van der Waals surface area contributed by atoms with Crippen LogP contribution in [0.3, 0.4) is 0 Å². The molecule has 0 nitrogen and oxygen atoms in total. The number of hydrogen-bond acceptors (Lipinski definition) is 0. The molecule has 0 bridgehead atoms. The summed E-state index contributed by atoms with van der Waals surface area (Å²) in [4.78, 5) is 0. The minimum absolute atomic E-state index is 0.359. The molecule has 16 heteroatoms. The second-order valence-corrected chi connectivity index (χ2v) is 9.61. The molecule has 0 fully saturated rings. The molecule has 2 atom stereocenters. The van der Waals surface area contributed by atoms with Gasteiger partial charge in [0.25, 0.3) is 0 Å². The highest BCUT2D eigenvalue weighted by molar-refractivity contribution is 14.1. The van der Waals surface area contributed by atoms with E-state index in [1.54, 1.807) is 0 Å². The van der Waals surface area contributed by atoms with Gasteiger partial charge < -0.3 is 0 Å². The lowest BCUT2D eigenvalue weighted by Crippen LogP contribution is -2.52. The summed E-state index contributed by atoms with van der Waals surface area (Å²) in [6, 6.07) is 0. The molecular weight excluding hydrogens is 676 g/mol. The molecule has 2 unspecified atom stereocenters. The molecule has 0 radical (unpaired) electrons. The van der Waals surface area contributed by atoms with Gasteiger partial charge in [-0.3, -0.25) is 0 Å². The Hall–Kier alpha value is 0.480. The molecule has 176 valence electrons. The van der Waals surface area contributed by atoms with E-state index in [1.165, 1.54) is 0 Å². The monoisotopic (exact) mass is 688 g/mol. The summed E-state index contributed by atoms with van der Waals surface area (Å²) < 4.78 is 173. The maximum Gasteiger partial charge on any atom is 0.459 e. The maximum atomic E-state index is 13.2. The summed E-state index contributed by atoms with van der Waals surface area (Å²) in [5.41, 5.74) is 0. The molecule has 0 rings (SSSR count). The first kappa shape index (κ1) is 29.5. The van der Waals surface area contributed by atoms with Gasteiger partial charge in [0, 0.05) is 20.7 Å². The van der Waals surface area contributed by atoms with E-state index in [9.17, 15) is 61.5 Å². The molecule has 0 spiro atoms. The fourth-order valence-corrected chi connectivity index (χ4v) is 3.98. The summed E-state index contributed by atoms with van der Waals surface area (Å²) in [6.45, 7) is 0. The average molecular weight is 688 g/mol. The summed E-state index contributed by atoms with van der Waals surface area (Å²) in [7, 11) is 0. The molecule has 0 aromatic carbocycles. The van der Waals surface area contributed by atoms with Crippen molar-refractivity contribution in [2.45, 2.75) is 76.0 Å². The first-order valence-electron chi connectivity index (χ1n) is 7.42. The average Bonchev–Trinajstić information content (AvgIpc) is 2.43. The van der Waals surface area contributed by atoms with Crippen LogP contribution in [0, 0.1) is 0 Å². The van der Waals surface area contributed by atoms with Gasteiger partial charge in [-0.2, -0.15) is 61.5 Å². The van der Waals surface area contributed by atoms with E-state index < -0.39 is 69.6 Å². The van der Waals surface area contributed by atoms with E-state index in [1.807, 2.05) is 0 Å². The van der Waals surface area contributed by atoms with E-state index in [0.29, 0.717) is 0 Å². The fraction of sp³-hybridized carbons (Fsp3) is 1.00. The van der Waals surface area contributed by atoms with E-state index in [2.05, 4.69) is 0 Å². The Morgan fingerprint density at radius 1 is 0.483 bits per heavy atom. The van der Waals surface area contributed by atoms with Crippen LogP contribution in [0.5, 0.6) is 0 Å². The maximum absolute atomic E-state index is 13.2. The van der Waals surface area contributed by atoms with Crippen molar-refractivity contribution in [2.24, 2.45) is 0 Å². The number of alkyl halides is 16. The zero-order chi connectivity index (χ0) is 23.7. The van der Waals surface area contributed by atoms with Crippen LogP contribution >= 0.6 is 45.2 Å². The molecule has 0 amide bonds. The van der Waals surface area contributed by atoms with E-state index >= 15 is 0 Å². The Labute approximate surface area is 182 Å². The van der Waals surface area contributed by atoms with Gasteiger partial charge in [-0.25, -0.2) is 0 Å². The van der Waals surface area contributed by atoms with Crippen LogP contribution in [0.15, 0.2) is 0 Å². The van der Waals surface area contributed by atoms with Gasteiger partial charge in [0.2, 0.25) is 0 Å². The summed E-state index contributed by atoms with van der Waals surface area (Å²) in [5, 5.41) is 0. The van der Waals surface area contributed by atoms with Crippen molar-refractivity contribution >= 4 is 45.2 Å². The van der Waals surface area contributed by atoms with Crippen molar-refractivity contribution in [1.29, 1.82) is 0 Å². The molecule has 0 aromatic rings. The highest BCUT2D eigenvalue weighted by Crippen LogP contribution is 2.50. The Morgan fingerprint density at radius 2 is 0.724 bits per heavy atom. The van der Waals surface area contributed by atoms with Gasteiger partial charge in [-0.05, 0) is 12.8 Å². The van der Waals surface area contributed by atoms with Gasteiger partial charge in [0.05, 0.1) is 0 Å². The largest absolute Gasteiger partial charge is 0.459 e. The van der Waals surface area contributed by atoms with Gasteiger partial charge in [0.15, 0.2) is 0 Å². The van der Waals surface area contributed by atoms with Crippen LogP contribution in [0.2, 0.25) is 0 Å². The number of hydrogen-bond donors (Lipinski definition) is 0. The minimum Gasteiger partial charge on any atom is -0.199 e. The quantitative estimate of drug-likeness (QED) is 0.123. The summed E-state index contributed by atoms with van der Waals surface area (Å²) in [5.74, 6) is -23.5. The molecular formula is C13H12F14I2. The standard InChI is InChI=1S/C13H12F14I2/c14-8(15,10(18,19)12(22,23)24)4-6(28)2-1-3-7(29)5-9(16,17)11(20,21)13(25,26)27/h6-7H,1-5H2. The number of rotatable bonds is 10. The number of halogens is 16. The van der Waals surface area contributed by atoms with Crippen LogP contribution in [-0.4, -0.2) is 43.9 Å². The molecule has 0 aliphatic rings. The summed E-state index contributed by atoms with van der Waals surface area (Å²) in [6.07, 6.45) is -18.1. The van der Waals surface area contributed by atoms with E-state index in [4.69, 9.17) is 0 Å².